The van der Waals surface area contributed by atoms with Crippen LogP contribution in [0.25, 0.3) is 11.1 Å². The summed E-state index contributed by atoms with van der Waals surface area (Å²) in [6.45, 7) is 0.497. The zero-order chi connectivity index (χ0) is 18.2. The summed E-state index contributed by atoms with van der Waals surface area (Å²) in [5, 5.41) is 19.7. The van der Waals surface area contributed by atoms with Crippen molar-refractivity contribution in [2.75, 3.05) is 13.2 Å². The zero-order valence-corrected chi connectivity index (χ0v) is 12.9. The van der Waals surface area contributed by atoms with Crippen molar-refractivity contribution in [3.05, 3.63) is 53.1 Å². The number of rotatable bonds is 3. The molecule has 8 heteroatoms. The Morgan fingerprint density at radius 2 is 1.72 bits per heavy atom. The van der Waals surface area contributed by atoms with Gasteiger partial charge in [-0.3, -0.25) is 0 Å². The van der Waals surface area contributed by atoms with Gasteiger partial charge in [0, 0.05) is 31.6 Å². The summed E-state index contributed by atoms with van der Waals surface area (Å²) in [5.74, 6) is -4.68. The van der Waals surface area contributed by atoms with E-state index in [1.165, 1.54) is 0 Å². The van der Waals surface area contributed by atoms with Gasteiger partial charge in [0.15, 0.2) is 5.69 Å². The smallest absolute Gasteiger partial charge is 0.355 e. The van der Waals surface area contributed by atoms with Gasteiger partial charge >= 0.3 is 5.97 Å². The maximum Gasteiger partial charge on any atom is 0.355 e. The standard InChI is InChI=1S/C17H14F3NO4/c18-10-7-11(15(16(22)23)21-8-10)14-12(19)5-9(6-13(14)20)17(24)1-3-25-4-2-17/h5-8,24H,1-4H2,(H,22,23). The van der Waals surface area contributed by atoms with E-state index in [1.807, 2.05) is 0 Å². The summed E-state index contributed by atoms with van der Waals surface area (Å²) >= 11 is 0. The van der Waals surface area contributed by atoms with Crippen molar-refractivity contribution in [3.8, 4) is 11.1 Å². The number of aromatic carboxylic acids is 1. The minimum absolute atomic E-state index is 0.0239. The average Bonchev–Trinajstić information content (AvgIpc) is 2.54. The van der Waals surface area contributed by atoms with Crippen LogP contribution in [0, 0.1) is 17.5 Å². The molecule has 0 spiro atoms. The van der Waals surface area contributed by atoms with E-state index in [9.17, 15) is 23.1 Å². The molecule has 1 aliphatic heterocycles. The lowest BCUT2D eigenvalue weighted by Crippen LogP contribution is -2.33. The second-order valence-electron chi connectivity index (χ2n) is 5.81. The van der Waals surface area contributed by atoms with E-state index in [4.69, 9.17) is 9.84 Å². The lowest BCUT2D eigenvalue weighted by molar-refractivity contribution is -0.0682. The Kier molecular flexibility index (Phi) is 4.49. The van der Waals surface area contributed by atoms with Crippen molar-refractivity contribution in [3.63, 3.8) is 0 Å². The fourth-order valence-corrected chi connectivity index (χ4v) is 2.90. The number of ether oxygens (including phenoxy) is 1. The van der Waals surface area contributed by atoms with Gasteiger partial charge in [-0.2, -0.15) is 0 Å². The maximum absolute atomic E-state index is 14.6. The Bertz CT molecular complexity index is 812. The van der Waals surface area contributed by atoms with Gasteiger partial charge < -0.3 is 14.9 Å². The SMILES string of the molecule is O=C(O)c1ncc(F)cc1-c1c(F)cc(C2(O)CCOCC2)cc1F. The topological polar surface area (TPSA) is 79.7 Å². The molecule has 0 saturated carbocycles. The van der Waals surface area contributed by atoms with Crippen LogP contribution in [-0.4, -0.2) is 34.4 Å². The minimum Gasteiger partial charge on any atom is -0.476 e. The number of nitrogens with zero attached hydrogens (tertiary/aromatic N) is 1. The Morgan fingerprint density at radius 1 is 1.12 bits per heavy atom. The summed E-state index contributed by atoms with van der Waals surface area (Å²) in [6.07, 6.45) is 1.00. The van der Waals surface area contributed by atoms with Crippen LogP contribution in [0.5, 0.6) is 0 Å². The molecule has 0 bridgehead atoms. The highest BCUT2D eigenvalue weighted by Crippen LogP contribution is 2.36. The van der Waals surface area contributed by atoms with Gasteiger partial charge in [0.25, 0.3) is 0 Å². The molecule has 2 heterocycles. The predicted molar refractivity (Wildman–Crippen MR) is 80.5 cm³/mol. The molecule has 1 fully saturated rings. The van der Waals surface area contributed by atoms with Crippen molar-refractivity contribution in [1.29, 1.82) is 0 Å². The molecule has 2 aromatic rings. The molecular formula is C17H14F3NO4. The van der Waals surface area contributed by atoms with Gasteiger partial charge in [0.05, 0.1) is 17.4 Å². The number of hydrogen-bond donors (Lipinski definition) is 2. The number of carbonyl (C=O) groups is 1. The van der Waals surface area contributed by atoms with Crippen LogP contribution in [-0.2, 0) is 10.3 Å². The third-order valence-corrected chi connectivity index (χ3v) is 4.23. The van der Waals surface area contributed by atoms with E-state index >= 15 is 0 Å². The monoisotopic (exact) mass is 353 g/mol. The predicted octanol–water partition coefficient (Wildman–Crippen LogP) is 2.86. The van der Waals surface area contributed by atoms with Crippen LogP contribution in [0.3, 0.4) is 0 Å². The van der Waals surface area contributed by atoms with E-state index in [1.54, 1.807) is 0 Å². The number of carboxylic acid groups (broad SMARTS) is 1. The van der Waals surface area contributed by atoms with Crippen LogP contribution in [0.1, 0.15) is 28.9 Å². The lowest BCUT2D eigenvalue weighted by atomic mass is 9.85. The van der Waals surface area contributed by atoms with Crippen molar-refractivity contribution < 1.29 is 32.9 Å². The molecule has 0 radical (unpaired) electrons. The quantitative estimate of drug-likeness (QED) is 0.887. The first kappa shape index (κ1) is 17.4. The Morgan fingerprint density at radius 3 is 2.28 bits per heavy atom. The Labute approximate surface area is 140 Å². The number of carboxylic acids is 1. The van der Waals surface area contributed by atoms with Gasteiger partial charge in [0.2, 0.25) is 0 Å². The second kappa shape index (κ2) is 6.45. The average molecular weight is 353 g/mol. The minimum atomic E-state index is -1.54. The van der Waals surface area contributed by atoms with Gasteiger partial charge in [-0.15, -0.1) is 0 Å². The van der Waals surface area contributed by atoms with E-state index in [2.05, 4.69) is 4.98 Å². The third-order valence-electron chi connectivity index (χ3n) is 4.23. The number of hydrogen-bond acceptors (Lipinski definition) is 4. The number of halogens is 3. The van der Waals surface area contributed by atoms with Crippen LogP contribution in [0.15, 0.2) is 24.4 Å². The summed E-state index contributed by atoms with van der Waals surface area (Å²) in [7, 11) is 0. The van der Waals surface area contributed by atoms with Crippen LogP contribution >= 0.6 is 0 Å². The molecule has 0 atom stereocenters. The first-order chi connectivity index (χ1) is 11.8. The fourth-order valence-electron chi connectivity index (χ4n) is 2.90. The van der Waals surface area contributed by atoms with E-state index < -0.39 is 45.8 Å². The number of aromatic nitrogens is 1. The summed E-state index contributed by atoms with van der Waals surface area (Å²) in [5.41, 5.74) is -3.29. The Balaban J connectivity index is 2.14. The molecule has 1 saturated heterocycles. The zero-order valence-electron chi connectivity index (χ0n) is 12.9. The maximum atomic E-state index is 14.6. The van der Waals surface area contributed by atoms with Crippen molar-refractivity contribution in [2.24, 2.45) is 0 Å². The Hall–Kier alpha value is -2.45. The van der Waals surface area contributed by atoms with Crippen molar-refractivity contribution in [2.45, 2.75) is 18.4 Å². The number of pyridine rings is 1. The molecule has 5 nitrogen and oxygen atoms in total. The lowest BCUT2D eigenvalue weighted by Gasteiger charge is -2.32. The van der Waals surface area contributed by atoms with Crippen LogP contribution in [0.2, 0.25) is 0 Å². The summed E-state index contributed by atoms with van der Waals surface area (Å²) in [4.78, 5) is 14.6. The highest BCUT2D eigenvalue weighted by atomic mass is 19.1. The fraction of sp³-hybridized carbons (Fsp3) is 0.294. The molecule has 25 heavy (non-hydrogen) atoms. The molecule has 3 rings (SSSR count). The molecular weight excluding hydrogens is 339 g/mol. The molecule has 0 amide bonds. The highest BCUT2D eigenvalue weighted by molar-refractivity contribution is 5.94. The van der Waals surface area contributed by atoms with Gasteiger partial charge in [0.1, 0.15) is 17.5 Å². The molecule has 2 N–H and O–H groups in total. The summed E-state index contributed by atoms with van der Waals surface area (Å²) < 4.78 is 47.7. The largest absolute Gasteiger partial charge is 0.476 e. The van der Waals surface area contributed by atoms with Gasteiger partial charge in [-0.1, -0.05) is 0 Å². The molecule has 1 aromatic heterocycles. The third kappa shape index (κ3) is 3.22. The van der Waals surface area contributed by atoms with Crippen molar-refractivity contribution in [1.82, 2.24) is 4.98 Å². The van der Waals surface area contributed by atoms with Crippen LogP contribution < -0.4 is 0 Å². The number of aliphatic hydroxyl groups is 1. The number of benzene rings is 1. The first-order valence-electron chi connectivity index (χ1n) is 7.51. The van der Waals surface area contributed by atoms with Gasteiger partial charge in [-0.05, 0) is 23.8 Å². The van der Waals surface area contributed by atoms with E-state index in [0.29, 0.717) is 12.3 Å². The first-order valence-corrected chi connectivity index (χ1v) is 7.51. The van der Waals surface area contributed by atoms with Gasteiger partial charge in [-0.25, -0.2) is 22.9 Å². The molecule has 0 unspecified atom stereocenters. The van der Waals surface area contributed by atoms with E-state index in [0.717, 1.165) is 12.1 Å². The second-order valence-corrected chi connectivity index (χ2v) is 5.81. The molecule has 132 valence electrons. The molecule has 1 aromatic carbocycles. The summed E-state index contributed by atoms with van der Waals surface area (Å²) in [6, 6.07) is 2.57. The van der Waals surface area contributed by atoms with E-state index in [-0.39, 0.29) is 31.6 Å². The normalized spacial score (nSPS) is 16.6. The highest BCUT2D eigenvalue weighted by Gasteiger charge is 2.34. The van der Waals surface area contributed by atoms with Crippen LogP contribution in [0.4, 0.5) is 13.2 Å². The molecule has 1 aliphatic rings. The van der Waals surface area contributed by atoms with Crippen molar-refractivity contribution >= 4 is 5.97 Å². The molecule has 0 aliphatic carbocycles.